The van der Waals surface area contributed by atoms with Gasteiger partial charge in [0.15, 0.2) is 0 Å². The van der Waals surface area contributed by atoms with E-state index in [1.165, 1.54) is 0 Å². The highest BCUT2D eigenvalue weighted by molar-refractivity contribution is 6.30. The number of piperidine rings is 1. The largest absolute Gasteiger partial charge is 0.481 e. The third-order valence-electron chi connectivity index (χ3n) is 5.71. The van der Waals surface area contributed by atoms with Crippen LogP contribution in [-0.4, -0.2) is 58.5 Å². The number of nitrogens with one attached hydrogen (secondary N) is 1. The SMILES string of the molecule is Cc1cc(Cl)ccc1NC(=O)N1CCC2(CC1)C(C(=O)O)CC(=O)N2C. The standard InChI is InChI=1S/C18H22ClN3O4/c1-11-9-12(19)3-4-14(11)20-17(26)22-7-5-18(6-8-22)13(16(24)25)10-15(23)21(18)2/h3-4,9,13H,5-8,10H2,1-2H3,(H,20,26)(H,24,25). The number of urea groups is 1. The van der Waals surface area contributed by atoms with Crippen molar-refractivity contribution >= 4 is 35.2 Å². The quantitative estimate of drug-likeness (QED) is 0.826. The molecule has 26 heavy (non-hydrogen) atoms. The van der Waals surface area contributed by atoms with E-state index < -0.39 is 17.4 Å². The Morgan fingerprint density at radius 2 is 1.96 bits per heavy atom. The van der Waals surface area contributed by atoms with Crippen molar-refractivity contribution < 1.29 is 19.5 Å². The van der Waals surface area contributed by atoms with Gasteiger partial charge in [-0.05, 0) is 43.5 Å². The van der Waals surface area contributed by atoms with Crippen LogP contribution in [0.2, 0.25) is 5.02 Å². The molecule has 1 unspecified atom stereocenters. The van der Waals surface area contributed by atoms with Crippen molar-refractivity contribution in [3.63, 3.8) is 0 Å². The lowest BCUT2D eigenvalue weighted by atomic mass is 9.77. The van der Waals surface area contributed by atoms with Crippen LogP contribution in [-0.2, 0) is 9.59 Å². The van der Waals surface area contributed by atoms with Crippen LogP contribution in [0.3, 0.4) is 0 Å². The molecule has 0 bridgehead atoms. The lowest BCUT2D eigenvalue weighted by Gasteiger charge is -2.45. The minimum atomic E-state index is -0.947. The maximum absolute atomic E-state index is 12.6. The Morgan fingerprint density at radius 1 is 1.31 bits per heavy atom. The molecule has 1 aromatic carbocycles. The Kier molecular flexibility index (Phi) is 4.84. The Morgan fingerprint density at radius 3 is 2.54 bits per heavy atom. The van der Waals surface area contributed by atoms with Crippen LogP contribution in [0.15, 0.2) is 18.2 Å². The van der Waals surface area contributed by atoms with E-state index in [9.17, 15) is 19.5 Å². The van der Waals surface area contributed by atoms with Gasteiger partial charge < -0.3 is 20.2 Å². The van der Waals surface area contributed by atoms with E-state index in [2.05, 4.69) is 5.32 Å². The van der Waals surface area contributed by atoms with Gasteiger partial charge in [0.25, 0.3) is 0 Å². The van der Waals surface area contributed by atoms with E-state index in [4.69, 9.17) is 11.6 Å². The highest BCUT2D eigenvalue weighted by Crippen LogP contribution is 2.42. The van der Waals surface area contributed by atoms with E-state index >= 15 is 0 Å². The van der Waals surface area contributed by atoms with Gasteiger partial charge in [-0.1, -0.05) is 11.6 Å². The second-order valence-electron chi connectivity index (χ2n) is 7.03. The van der Waals surface area contributed by atoms with Gasteiger partial charge in [-0.25, -0.2) is 4.79 Å². The Bertz CT molecular complexity index is 759. The Labute approximate surface area is 156 Å². The van der Waals surface area contributed by atoms with Crippen molar-refractivity contribution in [2.24, 2.45) is 5.92 Å². The number of aliphatic carboxylic acids is 1. The van der Waals surface area contributed by atoms with Gasteiger partial charge in [0.05, 0.1) is 11.5 Å². The fourth-order valence-corrected chi connectivity index (χ4v) is 4.27. The number of carboxylic acids is 1. The summed E-state index contributed by atoms with van der Waals surface area (Å²) in [7, 11) is 1.66. The van der Waals surface area contributed by atoms with Crippen molar-refractivity contribution in [1.29, 1.82) is 0 Å². The summed E-state index contributed by atoms with van der Waals surface area (Å²) in [5.74, 6) is -1.81. The molecule has 0 saturated carbocycles. The number of hydrogen-bond acceptors (Lipinski definition) is 3. The van der Waals surface area contributed by atoms with Gasteiger partial charge in [0.2, 0.25) is 5.91 Å². The van der Waals surface area contributed by atoms with Gasteiger partial charge in [-0.2, -0.15) is 0 Å². The van der Waals surface area contributed by atoms with E-state index in [1.54, 1.807) is 35.0 Å². The Balaban J connectivity index is 1.68. The number of carbonyl (C=O) groups is 3. The van der Waals surface area contributed by atoms with E-state index in [0.717, 1.165) is 5.56 Å². The van der Waals surface area contributed by atoms with Gasteiger partial charge in [-0.3, -0.25) is 9.59 Å². The zero-order valence-corrected chi connectivity index (χ0v) is 15.5. The topological polar surface area (TPSA) is 90.0 Å². The number of amides is 3. The van der Waals surface area contributed by atoms with Crippen molar-refractivity contribution in [2.45, 2.75) is 31.7 Å². The second kappa shape index (κ2) is 6.79. The molecule has 140 valence electrons. The first kappa shape index (κ1) is 18.5. The molecule has 0 radical (unpaired) electrons. The number of aryl methyl sites for hydroxylation is 1. The van der Waals surface area contributed by atoms with Crippen molar-refractivity contribution in [3.8, 4) is 0 Å². The molecule has 1 aromatic rings. The number of anilines is 1. The van der Waals surface area contributed by atoms with Crippen LogP contribution in [0.25, 0.3) is 0 Å². The first-order valence-electron chi connectivity index (χ1n) is 8.56. The molecule has 1 atom stereocenters. The molecule has 2 aliphatic heterocycles. The fourth-order valence-electron chi connectivity index (χ4n) is 4.04. The summed E-state index contributed by atoms with van der Waals surface area (Å²) >= 11 is 5.93. The minimum absolute atomic E-state index is 0.0298. The second-order valence-corrected chi connectivity index (χ2v) is 7.46. The van der Waals surface area contributed by atoms with Crippen molar-refractivity contribution in [3.05, 3.63) is 28.8 Å². The molecule has 2 heterocycles. The third-order valence-corrected chi connectivity index (χ3v) is 5.95. The molecule has 7 nitrogen and oxygen atoms in total. The van der Waals surface area contributed by atoms with Crippen LogP contribution in [0.1, 0.15) is 24.8 Å². The summed E-state index contributed by atoms with van der Waals surface area (Å²) in [5.41, 5.74) is 0.859. The van der Waals surface area contributed by atoms with Crippen LogP contribution in [0.5, 0.6) is 0 Å². The van der Waals surface area contributed by atoms with Crippen LogP contribution < -0.4 is 5.32 Å². The highest BCUT2D eigenvalue weighted by Gasteiger charge is 2.55. The molecule has 8 heteroatoms. The summed E-state index contributed by atoms with van der Waals surface area (Å²) in [5, 5.41) is 13.0. The van der Waals surface area contributed by atoms with Gasteiger partial charge in [-0.15, -0.1) is 0 Å². The number of likely N-dealkylation sites (tertiary alicyclic amines) is 2. The van der Waals surface area contributed by atoms with Gasteiger partial charge >= 0.3 is 12.0 Å². The summed E-state index contributed by atoms with van der Waals surface area (Å²) in [6.07, 6.45) is 0.945. The molecular weight excluding hydrogens is 358 g/mol. The summed E-state index contributed by atoms with van der Waals surface area (Å²) in [4.78, 5) is 39.4. The average molecular weight is 380 g/mol. The Hall–Kier alpha value is -2.28. The molecule has 3 amide bonds. The van der Waals surface area contributed by atoms with Crippen LogP contribution in [0.4, 0.5) is 10.5 Å². The summed E-state index contributed by atoms with van der Waals surface area (Å²) in [6, 6.07) is 5.01. The molecule has 2 fully saturated rings. The molecule has 0 aromatic heterocycles. The minimum Gasteiger partial charge on any atom is -0.481 e. The number of rotatable bonds is 2. The van der Waals surface area contributed by atoms with Crippen LogP contribution in [0, 0.1) is 12.8 Å². The van der Waals surface area contributed by atoms with Gasteiger partial charge in [0, 0.05) is 37.3 Å². The normalized spacial score (nSPS) is 22.0. The molecule has 2 aliphatic rings. The first-order chi connectivity index (χ1) is 12.2. The summed E-state index contributed by atoms with van der Waals surface area (Å²) in [6.45, 7) is 2.67. The first-order valence-corrected chi connectivity index (χ1v) is 8.94. The number of carbonyl (C=O) groups excluding carboxylic acids is 2. The maximum Gasteiger partial charge on any atom is 0.321 e. The zero-order chi connectivity index (χ0) is 19.1. The number of hydrogen-bond donors (Lipinski definition) is 2. The number of halogens is 1. The highest BCUT2D eigenvalue weighted by atomic mass is 35.5. The van der Waals surface area contributed by atoms with Crippen molar-refractivity contribution in [2.75, 3.05) is 25.5 Å². The number of benzene rings is 1. The number of carboxylic acid groups (broad SMARTS) is 1. The van der Waals surface area contributed by atoms with E-state index in [0.29, 0.717) is 36.6 Å². The fraction of sp³-hybridized carbons (Fsp3) is 0.500. The zero-order valence-electron chi connectivity index (χ0n) is 14.8. The van der Waals surface area contributed by atoms with Crippen LogP contribution >= 0.6 is 11.6 Å². The lowest BCUT2D eigenvalue weighted by molar-refractivity contribution is -0.145. The summed E-state index contributed by atoms with van der Waals surface area (Å²) < 4.78 is 0. The monoisotopic (exact) mass is 379 g/mol. The third kappa shape index (κ3) is 3.11. The van der Waals surface area contributed by atoms with Crippen molar-refractivity contribution in [1.82, 2.24) is 9.80 Å². The van der Waals surface area contributed by atoms with Gasteiger partial charge in [0.1, 0.15) is 0 Å². The lowest BCUT2D eigenvalue weighted by Crippen LogP contribution is -2.57. The smallest absolute Gasteiger partial charge is 0.321 e. The molecule has 2 saturated heterocycles. The van der Waals surface area contributed by atoms with E-state index in [-0.39, 0.29) is 18.4 Å². The predicted octanol–water partition coefficient (Wildman–Crippen LogP) is 2.58. The number of nitrogens with zero attached hydrogens (tertiary/aromatic N) is 2. The predicted molar refractivity (Wildman–Crippen MR) is 97.3 cm³/mol. The molecular formula is C18H22ClN3O4. The molecule has 1 spiro atoms. The molecule has 3 rings (SSSR count). The average Bonchev–Trinajstić information content (AvgIpc) is 2.83. The van der Waals surface area contributed by atoms with E-state index in [1.807, 2.05) is 6.92 Å². The molecule has 2 N–H and O–H groups in total. The molecule has 0 aliphatic carbocycles. The maximum atomic E-state index is 12.6.